The number of nitrogens with one attached hydrogen (secondary N) is 2. The molecule has 0 aromatic carbocycles. The Morgan fingerprint density at radius 2 is 2.19 bits per heavy atom. The number of aromatic nitrogens is 1. The van der Waals surface area contributed by atoms with Crippen molar-refractivity contribution >= 4 is 21.8 Å². The average molecular weight is 288 g/mol. The van der Waals surface area contributed by atoms with E-state index in [0.29, 0.717) is 12.2 Å². The van der Waals surface area contributed by atoms with Gasteiger partial charge in [-0.15, -0.1) is 0 Å². The Labute approximate surface area is 105 Å². The number of H-pyrrole nitrogens is 1. The monoisotopic (exact) mass is 287 g/mol. The maximum absolute atomic E-state index is 11.6. The van der Waals surface area contributed by atoms with E-state index in [0.717, 1.165) is 24.1 Å². The molecule has 0 unspecified atom stereocenters. The van der Waals surface area contributed by atoms with Crippen LogP contribution in [0.15, 0.2) is 16.7 Å². The van der Waals surface area contributed by atoms with Crippen molar-refractivity contribution in [3.05, 3.63) is 22.4 Å². The molecule has 0 aliphatic rings. The Bertz CT molecular complexity index is 334. The number of carbonyl (C=O) groups is 1. The molecule has 4 nitrogen and oxygen atoms in total. The summed E-state index contributed by atoms with van der Waals surface area (Å²) < 4.78 is 0.890. The Kier molecular flexibility index (Phi) is 5.55. The molecule has 2 N–H and O–H groups in total. The molecule has 0 bridgehead atoms. The molecule has 1 aromatic rings. The summed E-state index contributed by atoms with van der Waals surface area (Å²) in [5.74, 6) is -0.0575. The van der Waals surface area contributed by atoms with Crippen LogP contribution in [-0.4, -0.2) is 42.0 Å². The zero-order chi connectivity index (χ0) is 12.0. The minimum atomic E-state index is -0.0575. The van der Waals surface area contributed by atoms with E-state index in [4.69, 9.17) is 0 Å². The van der Waals surface area contributed by atoms with Crippen LogP contribution in [0.4, 0.5) is 0 Å². The summed E-state index contributed by atoms with van der Waals surface area (Å²) in [5.41, 5.74) is 0.589. The first kappa shape index (κ1) is 13.3. The van der Waals surface area contributed by atoms with Crippen LogP contribution < -0.4 is 5.32 Å². The topological polar surface area (TPSA) is 48.1 Å². The van der Waals surface area contributed by atoms with E-state index in [1.807, 2.05) is 0 Å². The third kappa shape index (κ3) is 3.98. The van der Waals surface area contributed by atoms with Crippen molar-refractivity contribution in [2.45, 2.75) is 13.8 Å². The molecule has 16 heavy (non-hydrogen) atoms. The molecule has 1 aromatic heterocycles. The molecular weight excluding hydrogens is 270 g/mol. The summed E-state index contributed by atoms with van der Waals surface area (Å²) in [6, 6.07) is 1.77. The van der Waals surface area contributed by atoms with Gasteiger partial charge in [-0.3, -0.25) is 4.79 Å². The first-order valence-corrected chi connectivity index (χ1v) is 6.31. The molecule has 0 spiro atoms. The van der Waals surface area contributed by atoms with Crippen molar-refractivity contribution in [3.63, 3.8) is 0 Å². The Hall–Kier alpha value is -0.810. The lowest BCUT2D eigenvalue weighted by Gasteiger charge is -2.17. The highest BCUT2D eigenvalue weighted by Crippen LogP contribution is 2.09. The van der Waals surface area contributed by atoms with Gasteiger partial charge in [-0.25, -0.2) is 0 Å². The summed E-state index contributed by atoms with van der Waals surface area (Å²) in [4.78, 5) is 16.8. The first-order chi connectivity index (χ1) is 7.67. The molecule has 0 saturated heterocycles. The van der Waals surface area contributed by atoms with Gasteiger partial charge in [0.1, 0.15) is 5.69 Å². The Morgan fingerprint density at radius 3 is 2.69 bits per heavy atom. The van der Waals surface area contributed by atoms with Gasteiger partial charge in [-0.2, -0.15) is 0 Å². The van der Waals surface area contributed by atoms with E-state index in [9.17, 15) is 4.79 Å². The summed E-state index contributed by atoms with van der Waals surface area (Å²) in [5, 5.41) is 2.88. The lowest BCUT2D eigenvalue weighted by Crippen LogP contribution is -2.34. The van der Waals surface area contributed by atoms with Crippen molar-refractivity contribution in [3.8, 4) is 0 Å². The molecule has 0 atom stereocenters. The fraction of sp³-hybridized carbons (Fsp3) is 0.545. The van der Waals surface area contributed by atoms with Gasteiger partial charge in [-0.05, 0) is 35.1 Å². The highest BCUT2D eigenvalue weighted by molar-refractivity contribution is 9.10. The summed E-state index contributed by atoms with van der Waals surface area (Å²) in [6.45, 7) is 7.83. The van der Waals surface area contributed by atoms with Crippen LogP contribution in [0, 0.1) is 0 Å². The normalized spacial score (nSPS) is 10.8. The van der Waals surface area contributed by atoms with Crippen molar-refractivity contribution in [2.24, 2.45) is 0 Å². The molecule has 5 heteroatoms. The van der Waals surface area contributed by atoms with Crippen LogP contribution >= 0.6 is 15.9 Å². The number of carbonyl (C=O) groups excluding carboxylic acids is 1. The summed E-state index contributed by atoms with van der Waals surface area (Å²) in [6.07, 6.45) is 1.75. The maximum Gasteiger partial charge on any atom is 0.267 e. The minimum Gasteiger partial charge on any atom is -0.356 e. The maximum atomic E-state index is 11.6. The SMILES string of the molecule is CCN(CC)CCNC(=O)c1cc(Br)c[nH]1. The summed E-state index contributed by atoms with van der Waals surface area (Å²) in [7, 11) is 0. The van der Waals surface area contributed by atoms with E-state index >= 15 is 0 Å². The first-order valence-electron chi connectivity index (χ1n) is 5.51. The fourth-order valence-electron chi connectivity index (χ4n) is 1.46. The van der Waals surface area contributed by atoms with Gasteiger partial charge >= 0.3 is 0 Å². The minimum absolute atomic E-state index is 0.0575. The van der Waals surface area contributed by atoms with Crippen molar-refractivity contribution < 1.29 is 4.79 Å². The highest BCUT2D eigenvalue weighted by Gasteiger charge is 2.07. The highest BCUT2D eigenvalue weighted by atomic mass is 79.9. The predicted molar refractivity (Wildman–Crippen MR) is 68.6 cm³/mol. The Morgan fingerprint density at radius 1 is 1.50 bits per heavy atom. The quantitative estimate of drug-likeness (QED) is 0.839. The van der Waals surface area contributed by atoms with Gasteiger partial charge in [0, 0.05) is 23.8 Å². The zero-order valence-corrected chi connectivity index (χ0v) is 11.3. The number of hydrogen-bond acceptors (Lipinski definition) is 2. The van der Waals surface area contributed by atoms with Gasteiger partial charge in [0.25, 0.3) is 5.91 Å². The average Bonchev–Trinajstić information content (AvgIpc) is 2.71. The van der Waals surface area contributed by atoms with Crippen molar-refractivity contribution in [1.82, 2.24) is 15.2 Å². The van der Waals surface area contributed by atoms with E-state index < -0.39 is 0 Å². The van der Waals surface area contributed by atoms with Crippen LogP contribution in [0.2, 0.25) is 0 Å². The second kappa shape index (κ2) is 6.70. The molecule has 0 aliphatic heterocycles. The van der Waals surface area contributed by atoms with Gasteiger partial charge in [0.2, 0.25) is 0 Å². The second-order valence-corrected chi connectivity index (χ2v) is 4.43. The lowest BCUT2D eigenvalue weighted by atomic mass is 10.4. The molecule has 90 valence electrons. The van der Waals surface area contributed by atoms with E-state index in [2.05, 4.69) is 45.0 Å². The van der Waals surface area contributed by atoms with Gasteiger partial charge in [-0.1, -0.05) is 13.8 Å². The van der Waals surface area contributed by atoms with Crippen LogP contribution in [0.5, 0.6) is 0 Å². The van der Waals surface area contributed by atoms with E-state index in [-0.39, 0.29) is 5.91 Å². The number of nitrogens with zero attached hydrogens (tertiary/aromatic N) is 1. The van der Waals surface area contributed by atoms with E-state index in [1.54, 1.807) is 12.3 Å². The molecular formula is C11H18BrN3O. The standard InChI is InChI=1S/C11H18BrN3O/c1-3-15(4-2)6-5-13-11(16)10-7-9(12)8-14-10/h7-8,14H,3-6H2,1-2H3,(H,13,16). The molecule has 0 saturated carbocycles. The Balaban J connectivity index is 2.30. The van der Waals surface area contributed by atoms with Gasteiger partial charge < -0.3 is 15.2 Å². The third-order valence-corrected chi connectivity index (χ3v) is 2.96. The molecule has 1 amide bonds. The fourth-order valence-corrected chi connectivity index (χ4v) is 1.80. The number of amides is 1. The predicted octanol–water partition coefficient (Wildman–Crippen LogP) is 1.85. The zero-order valence-electron chi connectivity index (χ0n) is 9.72. The van der Waals surface area contributed by atoms with Crippen molar-refractivity contribution in [1.29, 1.82) is 0 Å². The number of halogens is 1. The number of rotatable bonds is 6. The largest absolute Gasteiger partial charge is 0.356 e. The number of likely N-dealkylation sites (N-methyl/N-ethyl adjacent to an activating group) is 1. The number of hydrogen-bond donors (Lipinski definition) is 2. The molecule has 1 rings (SSSR count). The van der Waals surface area contributed by atoms with Crippen LogP contribution in [0.1, 0.15) is 24.3 Å². The van der Waals surface area contributed by atoms with Crippen molar-refractivity contribution in [2.75, 3.05) is 26.2 Å². The van der Waals surface area contributed by atoms with E-state index in [1.165, 1.54) is 0 Å². The molecule has 0 fully saturated rings. The summed E-state index contributed by atoms with van der Waals surface area (Å²) >= 11 is 3.29. The van der Waals surface area contributed by atoms with Gasteiger partial charge in [0.15, 0.2) is 0 Å². The van der Waals surface area contributed by atoms with Crippen LogP contribution in [-0.2, 0) is 0 Å². The molecule has 0 aliphatic carbocycles. The van der Waals surface area contributed by atoms with Gasteiger partial charge in [0.05, 0.1) is 0 Å². The number of aromatic amines is 1. The van der Waals surface area contributed by atoms with Crippen LogP contribution in [0.25, 0.3) is 0 Å². The molecule has 0 radical (unpaired) electrons. The third-order valence-electron chi connectivity index (χ3n) is 2.50. The second-order valence-electron chi connectivity index (χ2n) is 3.51. The molecule has 1 heterocycles. The smallest absolute Gasteiger partial charge is 0.267 e. The van der Waals surface area contributed by atoms with Crippen LogP contribution in [0.3, 0.4) is 0 Å². The lowest BCUT2D eigenvalue weighted by molar-refractivity contribution is 0.0944.